The predicted octanol–water partition coefficient (Wildman–Crippen LogP) is 2.42. The molecular formula is C14H11N3O3. The molecule has 2 aromatic heterocycles. The fourth-order valence-corrected chi connectivity index (χ4v) is 1.63. The van der Waals surface area contributed by atoms with Gasteiger partial charge in [0, 0.05) is 6.20 Å². The maximum atomic E-state index is 9.66. The van der Waals surface area contributed by atoms with Gasteiger partial charge in [-0.05, 0) is 24.3 Å². The summed E-state index contributed by atoms with van der Waals surface area (Å²) in [6.45, 7) is 0.182. The first-order valence-electron chi connectivity index (χ1n) is 5.98. The van der Waals surface area contributed by atoms with Crippen LogP contribution in [-0.2, 0) is 6.61 Å². The van der Waals surface area contributed by atoms with Crippen LogP contribution in [0.1, 0.15) is 5.82 Å². The largest absolute Gasteiger partial charge is 0.505 e. The van der Waals surface area contributed by atoms with Crippen LogP contribution >= 0.6 is 0 Å². The van der Waals surface area contributed by atoms with Crippen molar-refractivity contribution in [1.29, 1.82) is 0 Å². The Bertz CT molecular complexity index is 698. The van der Waals surface area contributed by atoms with Crippen molar-refractivity contribution < 1.29 is 14.4 Å². The third-order valence-corrected chi connectivity index (χ3v) is 2.57. The van der Waals surface area contributed by atoms with Crippen LogP contribution in [0.4, 0.5) is 0 Å². The van der Waals surface area contributed by atoms with Gasteiger partial charge < -0.3 is 14.4 Å². The van der Waals surface area contributed by atoms with E-state index in [4.69, 9.17) is 9.26 Å². The van der Waals surface area contributed by atoms with E-state index in [0.29, 0.717) is 5.82 Å². The van der Waals surface area contributed by atoms with E-state index < -0.39 is 0 Å². The molecule has 0 bridgehead atoms. The molecular weight excluding hydrogens is 258 g/mol. The second kappa shape index (κ2) is 5.40. The molecule has 0 amide bonds. The van der Waals surface area contributed by atoms with Gasteiger partial charge in [0.25, 0.3) is 5.89 Å². The van der Waals surface area contributed by atoms with E-state index in [1.807, 2.05) is 30.3 Å². The van der Waals surface area contributed by atoms with Crippen LogP contribution in [0.2, 0.25) is 0 Å². The molecule has 0 atom stereocenters. The predicted molar refractivity (Wildman–Crippen MR) is 70.0 cm³/mol. The number of aromatic nitrogens is 3. The highest BCUT2D eigenvalue weighted by Crippen LogP contribution is 2.24. The second-order valence-corrected chi connectivity index (χ2v) is 3.99. The lowest BCUT2D eigenvalue weighted by Crippen LogP contribution is -1.97. The number of nitrogens with zero attached hydrogens (tertiary/aromatic N) is 3. The van der Waals surface area contributed by atoms with Crippen LogP contribution in [0.25, 0.3) is 11.6 Å². The van der Waals surface area contributed by atoms with Crippen LogP contribution in [0.15, 0.2) is 53.2 Å². The summed E-state index contributed by atoms with van der Waals surface area (Å²) in [7, 11) is 0. The fourth-order valence-electron chi connectivity index (χ4n) is 1.63. The minimum absolute atomic E-state index is 0.00771. The molecule has 0 aliphatic rings. The van der Waals surface area contributed by atoms with Gasteiger partial charge in [0.2, 0.25) is 5.82 Å². The first-order chi connectivity index (χ1) is 9.83. The summed E-state index contributed by atoms with van der Waals surface area (Å²) in [5, 5.41) is 13.4. The Labute approximate surface area is 114 Å². The molecule has 1 aromatic carbocycles. The SMILES string of the molecule is Oc1cccnc1-c1nc(COc2ccccc2)no1. The molecule has 0 fully saturated rings. The molecule has 0 radical (unpaired) electrons. The summed E-state index contributed by atoms with van der Waals surface area (Å²) in [5.41, 5.74) is 0.256. The molecule has 0 spiro atoms. The van der Waals surface area contributed by atoms with Crippen molar-refractivity contribution in [3.63, 3.8) is 0 Å². The quantitative estimate of drug-likeness (QED) is 0.783. The van der Waals surface area contributed by atoms with Gasteiger partial charge in [-0.25, -0.2) is 4.98 Å². The van der Waals surface area contributed by atoms with Crippen molar-refractivity contribution in [2.75, 3.05) is 0 Å². The Morgan fingerprint density at radius 2 is 1.95 bits per heavy atom. The van der Waals surface area contributed by atoms with Crippen molar-refractivity contribution in [1.82, 2.24) is 15.1 Å². The Morgan fingerprint density at radius 1 is 1.10 bits per heavy atom. The fraction of sp³-hybridized carbons (Fsp3) is 0.0714. The van der Waals surface area contributed by atoms with Crippen molar-refractivity contribution in [3.05, 3.63) is 54.5 Å². The average molecular weight is 269 g/mol. The third-order valence-electron chi connectivity index (χ3n) is 2.57. The van der Waals surface area contributed by atoms with Gasteiger partial charge in [-0.2, -0.15) is 4.98 Å². The molecule has 3 rings (SSSR count). The van der Waals surface area contributed by atoms with Gasteiger partial charge in [0.15, 0.2) is 12.3 Å². The Hall–Kier alpha value is -2.89. The Morgan fingerprint density at radius 3 is 2.75 bits per heavy atom. The minimum Gasteiger partial charge on any atom is -0.505 e. The molecule has 2 heterocycles. The maximum absolute atomic E-state index is 9.66. The standard InChI is InChI=1S/C14H11N3O3/c18-11-7-4-8-15-13(11)14-16-12(17-20-14)9-19-10-5-2-1-3-6-10/h1-8,18H,9H2. The number of hydrogen-bond acceptors (Lipinski definition) is 6. The summed E-state index contributed by atoms with van der Waals surface area (Å²) in [6.07, 6.45) is 1.54. The van der Waals surface area contributed by atoms with Crippen molar-refractivity contribution in [3.8, 4) is 23.1 Å². The zero-order valence-electron chi connectivity index (χ0n) is 10.4. The molecule has 0 saturated heterocycles. The van der Waals surface area contributed by atoms with Gasteiger partial charge in [-0.15, -0.1) is 0 Å². The van der Waals surface area contributed by atoms with Crippen LogP contribution < -0.4 is 4.74 Å². The van der Waals surface area contributed by atoms with Gasteiger partial charge in [0.1, 0.15) is 11.5 Å². The smallest absolute Gasteiger partial charge is 0.280 e. The van der Waals surface area contributed by atoms with Gasteiger partial charge in [-0.1, -0.05) is 23.4 Å². The van der Waals surface area contributed by atoms with Crippen LogP contribution in [-0.4, -0.2) is 20.2 Å². The highest BCUT2D eigenvalue weighted by molar-refractivity contribution is 5.55. The monoisotopic (exact) mass is 269 g/mol. The van der Waals surface area contributed by atoms with Gasteiger partial charge in [-0.3, -0.25) is 0 Å². The lowest BCUT2D eigenvalue weighted by Gasteiger charge is -2.01. The molecule has 0 aliphatic heterocycles. The molecule has 6 heteroatoms. The first-order valence-corrected chi connectivity index (χ1v) is 5.98. The van der Waals surface area contributed by atoms with Crippen LogP contribution in [0, 0.1) is 0 Å². The van der Waals surface area contributed by atoms with E-state index >= 15 is 0 Å². The summed E-state index contributed by atoms with van der Waals surface area (Å²) in [5.74, 6) is 1.26. The Kier molecular flexibility index (Phi) is 3.28. The van der Waals surface area contributed by atoms with E-state index in [0.717, 1.165) is 5.75 Å². The molecule has 1 N–H and O–H groups in total. The first kappa shape index (κ1) is 12.2. The number of aromatic hydroxyl groups is 1. The maximum Gasteiger partial charge on any atom is 0.280 e. The van der Waals surface area contributed by atoms with E-state index in [2.05, 4.69) is 15.1 Å². The number of para-hydroxylation sites is 1. The van der Waals surface area contributed by atoms with Crippen molar-refractivity contribution >= 4 is 0 Å². The number of benzene rings is 1. The number of ether oxygens (including phenoxy) is 1. The molecule has 0 unspecified atom stereocenters. The molecule has 0 saturated carbocycles. The number of hydrogen-bond donors (Lipinski definition) is 1. The Balaban J connectivity index is 1.73. The highest BCUT2D eigenvalue weighted by atomic mass is 16.5. The zero-order chi connectivity index (χ0) is 13.8. The van der Waals surface area contributed by atoms with Crippen molar-refractivity contribution in [2.45, 2.75) is 6.61 Å². The summed E-state index contributed by atoms with van der Waals surface area (Å²) in [6, 6.07) is 12.5. The summed E-state index contributed by atoms with van der Waals surface area (Å²) in [4.78, 5) is 8.12. The van der Waals surface area contributed by atoms with E-state index in [1.165, 1.54) is 6.07 Å². The minimum atomic E-state index is -0.00771. The molecule has 6 nitrogen and oxygen atoms in total. The second-order valence-electron chi connectivity index (χ2n) is 3.99. The van der Waals surface area contributed by atoms with Crippen LogP contribution in [0.5, 0.6) is 11.5 Å². The number of pyridine rings is 1. The lowest BCUT2D eigenvalue weighted by molar-refractivity contribution is 0.287. The van der Waals surface area contributed by atoms with E-state index in [-0.39, 0.29) is 23.9 Å². The van der Waals surface area contributed by atoms with Gasteiger partial charge >= 0.3 is 0 Å². The van der Waals surface area contributed by atoms with E-state index in [1.54, 1.807) is 12.3 Å². The highest BCUT2D eigenvalue weighted by Gasteiger charge is 2.14. The normalized spacial score (nSPS) is 10.4. The molecule has 0 aliphatic carbocycles. The third kappa shape index (κ3) is 2.59. The summed E-state index contributed by atoms with van der Waals surface area (Å²) < 4.78 is 10.6. The molecule has 3 aromatic rings. The number of rotatable bonds is 4. The average Bonchev–Trinajstić information content (AvgIpc) is 2.95. The van der Waals surface area contributed by atoms with Crippen molar-refractivity contribution in [2.24, 2.45) is 0 Å². The zero-order valence-corrected chi connectivity index (χ0v) is 10.4. The topological polar surface area (TPSA) is 81.3 Å². The molecule has 100 valence electrons. The van der Waals surface area contributed by atoms with E-state index in [9.17, 15) is 5.11 Å². The summed E-state index contributed by atoms with van der Waals surface area (Å²) >= 11 is 0. The molecule has 20 heavy (non-hydrogen) atoms. The van der Waals surface area contributed by atoms with Crippen LogP contribution in [0.3, 0.4) is 0 Å². The van der Waals surface area contributed by atoms with Gasteiger partial charge in [0.05, 0.1) is 0 Å². The lowest BCUT2D eigenvalue weighted by atomic mass is 10.3.